The highest BCUT2D eigenvalue weighted by Crippen LogP contribution is 2.22. The zero-order valence-electron chi connectivity index (χ0n) is 21.4. The smallest absolute Gasteiger partial charge is 0.243 e. The predicted octanol–water partition coefficient (Wildman–Crippen LogP) is 5.98. The number of halogens is 1. The molecule has 0 heterocycles. The van der Waals surface area contributed by atoms with Gasteiger partial charge in [-0.3, -0.25) is 9.59 Å². The first-order valence-electron chi connectivity index (χ1n) is 13.0. The quantitative estimate of drug-likeness (QED) is 0.359. The van der Waals surface area contributed by atoms with E-state index in [0.29, 0.717) is 23.7 Å². The molecule has 0 saturated heterocycles. The summed E-state index contributed by atoms with van der Waals surface area (Å²) >= 11 is 6.20. The molecule has 194 valence electrons. The van der Waals surface area contributed by atoms with Gasteiger partial charge in [-0.1, -0.05) is 85.5 Å². The fraction of sp³-hybridized carbons (Fsp3) is 0.355. The van der Waals surface area contributed by atoms with E-state index in [1.165, 1.54) is 6.42 Å². The van der Waals surface area contributed by atoms with E-state index in [1.807, 2.05) is 66.7 Å². The number of rotatable bonds is 10. The second kappa shape index (κ2) is 13.3. The van der Waals surface area contributed by atoms with Gasteiger partial charge < -0.3 is 15.0 Å². The Hall–Kier alpha value is -3.31. The average molecular weight is 519 g/mol. The normalized spacial score (nSPS) is 14.5. The van der Waals surface area contributed by atoms with Gasteiger partial charge in [0.25, 0.3) is 0 Å². The van der Waals surface area contributed by atoms with Crippen molar-refractivity contribution < 1.29 is 14.3 Å². The third-order valence-corrected chi connectivity index (χ3v) is 7.19. The molecule has 2 amide bonds. The third-order valence-electron chi connectivity index (χ3n) is 6.95. The van der Waals surface area contributed by atoms with Gasteiger partial charge in [0.1, 0.15) is 11.8 Å². The standard InChI is InChI=1S/C31H35ClN2O3/c1-37-28-17-9-13-25(19-28)22-34(30(35)21-24-12-8-14-26(32)18-24)29(20-23-10-4-2-5-11-23)31(36)33-27-15-6-3-7-16-27/h2,4-5,8-14,17-19,27,29H,3,6-7,15-16,20-22H2,1H3,(H,33,36)/t29-/m1/s1. The lowest BCUT2D eigenvalue weighted by molar-refractivity contribution is -0.141. The summed E-state index contributed by atoms with van der Waals surface area (Å²) in [6.45, 7) is 0.298. The van der Waals surface area contributed by atoms with Gasteiger partial charge in [0.2, 0.25) is 11.8 Å². The molecule has 1 saturated carbocycles. The van der Waals surface area contributed by atoms with Crippen molar-refractivity contribution in [1.29, 1.82) is 0 Å². The van der Waals surface area contributed by atoms with E-state index in [2.05, 4.69) is 5.32 Å². The van der Waals surface area contributed by atoms with E-state index in [-0.39, 0.29) is 24.3 Å². The molecule has 0 unspecified atom stereocenters. The second-order valence-electron chi connectivity index (χ2n) is 9.73. The summed E-state index contributed by atoms with van der Waals surface area (Å²) in [6, 6.07) is 24.4. The molecule has 0 aromatic heterocycles. The fourth-order valence-corrected chi connectivity index (χ4v) is 5.20. The highest BCUT2D eigenvalue weighted by atomic mass is 35.5. The number of carbonyl (C=O) groups is 2. The molecular formula is C31H35ClN2O3. The maximum Gasteiger partial charge on any atom is 0.243 e. The molecule has 3 aromatic carbocycles. The summed E-state index contributed by atoms with van der Waals surface area (Å²) in [5.74, 6) is 0.494. The van der Waals surface area contributed by atoms with Crippen LogP contribution >= 0.6 is 11.6 Å². The number of nitrogens with zero attached hydrogens (tertiary/aromatic N) is 1. The molecule has 1 fully saturated rings. The summed E-state index contributed by atoms with van der Waals surface area (Å²) in [6.07, 6.45) is 6.01. The number of nitrogens with one attached hydrogen (secondary N) is 1. The maximum absolute atomic E-state index is 13.9. The van der Waals surface area contributed by atoms with Crippen molar-refractivity contribution in [3.05, 3.63) is 101 Å². The number of benzene rings is 3. The first-order chi connectivity index (χ1) is 18.0. The molecular weight excluding hydrogens is 484 g/mol. The van der Waals surface area contributed by atoms with Gasteiger partial charge in [-0.2, -0.15) is 0 Å². The zero-order chi connectivity index (χ0) is 26.0. The molecule has 4 rings (SSSR count). The molecule has 1 atom stereocenters. The molecule has 5 nitrogen and oxygen atoms in total. The van der Waals surface area contributed by atoms with Crippen LogP contribution in [-0.4, -0.2) is 35.9 Å². The molecule has 1 aliphatic carbocycles. The van der Waals surface area contributed by atoms with Crippen LogP contribution in [0, 0.1) is 0 Å². The SMILES string of the molecule is COc1cccc(CN(C(=O)Cc2cccc(Cl)c2)[C@H](Cc2ccccc2)C(=O)NC2CCCCC2)c1. The van der Waals surface area contributed by atoms with Crippen LogP contribution in [0.25, 0.3) is 0 Å². The van der Waals surface area contributed by atoms with E-state index in [1.54, 1.807) is 24.1 Å². The predicted molar refractivity (Wildman–Crippen MR) is 148 cm³/mol. The van der Waals surface area contributed by atoms with Crippen molar-refractivity contribution >= 4 is 23.4 Å². The van der Waals surface area contributed by atoms with E-state index < -0.39 is 6.04 Å². The summed E-state index contributed by atoms with van der Waals surface area (Å²) in [5, 5.41) is 3.86. The van der Waals surface area contributed by atoms with E-state index in [9.17, 15) is 9.59 Å². The van der Waals surface area contributed by atoms with Crippen LogP contribution in [0.3, 0.4) is 0 Å². The number of carbonyl (C=O) groups excluding carboxylic acids is 2. The fourth-order valence-electron chi connectivity index (χ4n) is 4.99. The van der Waals surface area contributed by atoms with Gasteiger partial charge in [-0.15, -0.1) is 0 Å². The summed E-state index contributed by atoms with van der Waals surface area (Å²) in [5.41, 5.74) is 2.74. The number of ether oxygens (including phenoxy) is 1. The van der Waals surface area contributed by atoms with Gasteiger partial charge in [-0.25, -0.2) is 0 Å². The second-order valence-corrected chi connectivity index (χ2v) is 10.2. The topological polar surface area (TPSA) is 58.6 Å². The highest BCUT2D eigenvalue weighted by molar-refractivity contribution is 6.30. The Labute approximate surface area is 224 Å². The Kier molecular flexibility index (Phi) is 9.61. The third kappa shape index (κ3) is 7.83. The first kappa shape index (κ1) is 26.7. The Balaban J connectivity index is 1.66. The van der Waals surface area contributed by atoms with Crippen molar-refractivity contribution in [2.24, 2.45) is 0 Å². The molecule has 3 aromatic rings. The lowest BCUT2D eigenvalue weighted by atomic mass is 9.94. The summed E-state index contributed by atoms with van der Waals surface area (Å²) in [4.78, 5) is 29.4. The minimum absolute atomic E-state index is 0.0990. The van der Waals surface area contributed by atoms with Gasteiger partial charge >= 0.3 is 0 Å². The van der Waals surface area contributed by atoms with Crippen molar-refractivity contribution in [1.82, 2.24) is 10.2 Å². The maximum atomic E-state index is 13.9. The first-order valence-corrected chi connectivity index (χ1v) is 13.4. The zero-order valence-corrected chi connectivity index (χ0v) is 22.1. The molecule has 0 spiro atoms. The molecule has 1 aliphatic rings. The van der Waals surface area contributed by atoms with Crippen molar-refractivity contribution in [2.45, 2.75) is 63.6 Å². The van der Waals surface area contributed by atoms with Crippen LogP contribution in [0.2, 0.25) is 5.02 Å². The van der Waals surface area contributed by atoms with Crippen molar-refractivity contribution in [3.63, 3.8) is 0 Å². The van der Waals surface area contributed by atoms with E-state index in [4.69, 9.17) is 16.3 Å². The number of amides is 2. The number of hydrogen-bond donors (Lipinski definition) is 1. The number of hydrogen-bond acceptors (Lipinski definition) is 3. The van der Waals surface area contributed by atoms with Crippen molar-refractivity contribution in [3.8, 4) is 5.75 Å². The van der Waals surface area contributed by atoms with Gasteiger partial charge in [0.05, 0.1) is 13.5 Å². The molecule has 0 bridgehead atoms. The summed E-state index contributed by atoms with van der Waals surface area (Å²) < 4.78 is 5.41. The minimum atomic E-state index is -0.651. The molecule has 0 radical (unpaired) electrons. The lowest BCUT2D eigenvalue weighted by Crippen LogP contribution is -2.53. The van der Waals surface area contributed by atoms with Crippen LogP contribution in [0.15, 0.2) is 78.9 Å². The Morgan fingerprint density at radius 1 is 0.919 bits per heavy atom. The molecule has 37 heavy (non-hydrogen) atoms. The number of methoxy groups -OCH3 is 1. The Bertz CT molecular complexity index is 1180. The van der Waals surface area contributed by atoms with Gasteiger partial charge in [0.15, 0.2) is 0 Å². The molecule has 0 aliphatic heterocycles. The van der Waals surface area contributed by atoms with Crippen LogP contribution in [0.1, 0.15) is 48.8 Å². The molecule has 1 N–H and O–H groups in total. The van der Waals surface area contributed by atoms with Crippen LogP contribution in [-0.2, 0) is 29.0 Å². The summed E-state index contributed by atoms with van der Waals surface area (Å²) in [7, 11) is 1.62. The monoisotopic (exact) mass is 518 g/mol. The molecule has 6 heteroatoms. The highest BCUT2D eigenvalue weighted by Gasteiger charge is 2.32. The largest absolute Gasteiger partial charge is 0.497 e. The van der Waals surface area contributed by atoms with Gasteiger partial charge in [0, 0.05) is 24.0 Å². The lowest BCUT2D eigenvalue weighted by Gasteiger charge is -2.33. The van der Waals surface area contributed by atoms with E-state index in [0.717, 1.165) is 42.4 Å². The minimum Gasteiger partial charge on any atom is -0.497 e. The average Bonchev–Trinajstić information content (AvgIpc) is 2.92. The van der Waals surface area contributed by atoms with Crippen LogP contribution in [0.5, 0.6) is 5.75 Å². The van der Waals surface area contributed by atoms with E-state index >= 15 is 0 Å². The van der Waals surface area contributed by atoms with Crippen LogP contribution < -0.4 is 10.1 Å². The Morgan fingerprint density at radius 3 is 2.35 bits per heavy atom. The van der Waals surface area contributed by atoms with Crippen molar-refractivity contribution in [2.75, 3.05) is 7.11 Å². The Morgan fingerprint density at radius 2 is 1.62 bits per heavy atom. The van der Waals surface area contributed by atoms with Crippen LogP contribution in [0.4, 0.5) is 0 Å². The van der Waals surface area contributed by atoms with Gasteiger partial charge in [-0.05, 0) is 53.8 Å².